The summed E-state index contributed by atoms with van der Waals surface area (Å²) in [6.45, 7) is 4.79. The lowest BCUT2D eigenvalue weighted by Gasteiger charge is -2.25. The minimum Gasteiger partial charge on any atom is -0.228 e. The third-order valence-electron chi connectivity index (χ3n) is 11.0. The first-order valence-corrected chi connectivity index (χ1v) is 16.9. The largest absolute Gasteiger partial charge is 0.228 e. The van der Waals surface area contributed by atoms with E-state index in [-0.39, 0.29) is 5.41 Å². The van der Waals surface area contributed by atoms with Crippen molar-refractivity contribution < 1.29 is 0 Å². The van der Waals surface area contributed by atoms with Crippen molar-refractivity contribution in [1.82, 2.24) is 9.97 Å². The van der Waals surface area contributed by atoms with E-state index >= 15 is 0 Å². The molecule has 3 aliphatic rings. The van der Waals surface area contributed by atoms with E-state index in [0.717, 1.165) is 53.7 Å². The molecule has 0 saturated carbocycles. The summed E-state index contributed by atoms with van der Waals surface area (Å²) >= 11 is 0. The van der Waals surface area contributed by atoms with Crippen LogP contribution >= 0.6 is 0 Å². The van der Waals surface area contributed by atoms with Crippen LogP contribution < -0.4 is 0 Å². The average molecular weight is 603 g/mol. The Labute approximate surface area is 275 Å². The predicted molar refractivity (Wildman–Crippen MR) is 194 cm³/mol. The van der Waals surface area contributed by atoms with Gasteiger partial charge < -0.3 is 0 Å². The number of rotatable bonds is 2. The molecule has 0 spiro atoms. The number of aromatic nitrogens is 2. The zero-order valence-electron chi connectivity index (χ0n) is 26.8. The molecule has 6 aromatic carbocycles. The zero-order valence-corrected chi connectivity index (χ0v) is 26.8. The van der Waals surface area contributed by atoms with Gasteiger partial charge in [-0.2, -0.15) is 0 Å². The van der Waals surface area contributed by atoms with E-state index in [4.69, 9.17) is 9.97 Å². The Hall–Kier alpha value is -5.34. The Morgan fingerprint density at radius 2 is 1.17 bits per heavy atom. The van der Waals surface area contributed by atoms with Gasteiger partial charge in [0.15, 0.2) is 5.82 Å². The minimum absolute atomic E-state index is 0.149. The predicted octanol–water partition coefficient (Wildman–Crippen LogP) is 11.0. The molecule has 0 saturated heterocycles. The Morgan fingerprint density at radius 1 is 0.511 bits per heavy atom. The molecule has 2 heteroatoms. The van der Waals surface area contributed by atoms with Gasteiger partial charge in [-0.25, -0.2) is 9.97 Å². The first kappa shape index (κ1) is 26.8. The fraction of sp³-hybridized carbons (Fsp3) is 0.156. The summed E-state index contributed by atoms with van der Waals surface area (Å²) in [4.78, 5) is 11.0. The Balaban J connectivity index is 1.30. The van der Waals surface area contributed by atoms with E-state index < -0.39 is 0 Å². The molecule has 0 bridgehead atoms. The van der Waals surface area contributed by atoms with E-state index in [9.17, 15) is 0 Å². The number of para-hydroxylation sites is 1. The zero-order chi connectivity index (χ0) is 31.3. The summed E-state index contributed by atoms with van der Waals surface area (Å²) in [5.74, 6) is 0.806. The van der Waals surface area contributed by atoms with Gasteiger partial charge in [0.05, 0.1) is 11.2 Å². The van der Waals surface area contributed by atoms with E-state index in [2.05, 4.69) is 135 Å². The van der Waals surface area contributed by atoms with Crippen molar-refractivity contribution in [3.8, 4) is 56.0 Å². The van der Waals surface area contributed by atoms with Crippen LogP contribution in [0.1, 0.15) is 53.6 Å². The van der Waals surface area contributed by atoms with Gasteiger partial charge in [-0.15, -0.1) is 0 Å². The molecule has 224 valence electrons. The van der Waals surface area contributed by atoms with Crippen LogP contribution in [0.3, 0.4) is 0 Å². The monoisotopic (exact) mass is 602 g/mol. The number of benzene rings is 6. The van der Waals surface area contributed by atoms with Gasteiger partial charge in [-0.05, 0) is 105 Å². The molecule has 0 amide bonds. The van der Waals surface area contributed by atoms with Crippen LogP contribution in [0, 0.1) is 0 Å². The topological polar surface area (TPSA) is 25.8 Å². The molecular formula is C45H34N2. The van der Waals surface area contributed by atoms with Crippen LogP contribution in [-0.2, 0) is 24.7 Å². The average Bonchev–Trinajstić information content (AvgIpc) is 3.50. The SMILES string of the molecule is CC1(C)c2ccccc2-c2c(-c3nc(-c4cccc5c4-c4ccccc4CCC5)c4ccccc4n3)cc3c(c21)-c1ccccc1C3. The van der Waals surface area contributed by atoms with Crippen LogP contribution in [0.25, 0.3) is 66.9 Å². The fourth-order valence-electron chi connectivity index (χ4n) is 8.95. The van der Waals surface area contributed by atoms with Gasteiger partial charge in [0.25, 0.3) is 0 Å². The normalized spacial score (nSPS) is 14.9. The maximum atomic E-state index is 5.61. The summed E-state index contributed by atoms with van der Waals surface area (Å²) in [6.07, 6.45) is 4.25. The van der Waals surface area contributed by atoms with Gasteiger partial charge in [-0.1, -0.05) is 123 Å². The lowest BCUT2D eigenvalue weighted by atomic mass is 9.78. The van der Waals surface area contributed by atoms with E-state index in [1.807, 2.05) is 0 Å². The summed E-state index contributed by atoms with van der Waals surface area (Å²) < 4.78 is 0. The quantitative estimate of drug-likeness (QED) is 0.197. The minimum atomic E-state index is -0.149. The second-order valence-corrected chi connectivity index (χ2v) is 14.0. The second-order valence-electron chi connectivity index (χ2n) is 14.0. The molecule has 0 fully saturated rings. The van der Waals surface area contributed by atoms with Crippen molar-refractivity contribution >= 4 is 10.9 Å². The highest BCUT2D eigenvalue weighted by Crippen LogP contribution is 2.58. The van der Waals surface area contributed by atoms with Crippen molar-refractivity contribution in [1.29, 1.82) is 0 Å². The molecule has 0 N–H and O–H groups in total. The first-order chi connectivity index (χ1) is 23.1. The third-order valence-corrected chi connectivity index (χ3v) is 11.0. The van der Waals surface area contributed by atoms with Crippen molar-refractivity contribution in [3.05, 3.63) is 155 Å². The smallest absolute Gasteiger partial charge is 0.161 e. The molecule has 7 aromatic rings. The maximum Gasteiger partial charge on any atom is 0.161 e. The molecule has 0 radical (unpaired) electrons. The van der Waals surface area contributed by atoms with Crippen molar-refractivity contribution in [2.45, 2.75) is 44.9 Å². The highest BCUT2D eigenvalue weighted by Gasteiger charge is 2.42. The van der Waals surface area contributed by atoms with Crippen LogP contribution in [0.4, 0.5) is 0 Å². The molecular weight excluding hydrogens is 569 g/mol. The molecule has 3 aliphatic carbocycles. The first-order valence-electron chi connectivity index (χ1n) is 16.9. The molecule has 0 atom stereocenters. The van der Waals surface area contributed by atoms with E-state index in [1.54, 1.807) is 0 Å². The standard InChI is InChI=1S/C45H34N2/c1-45(2)37-23-9-7-20-33(37)41-36(26-30-25-29-14-4-6-19-32(29)40(30)42(41)45)44-46-38-24-10-8-21-34(38)43(47-44)35-22-12-17-28-16-11-15-27-13-3-5-18-31(27)39(28)35/h3-10,12-14,17-24,26H,11,15-16,25H2,1-2H3. The van der Waals surface area contributed by atoms with E-state index in [0.29, 0.717) is 0 Å². The Bertz CT molecular complexity index is 2450. The molecule has 0 aliphatic heterocycles. The second kappa shape index (κ2) is 9.83. The van der Waals surface area contributed by atoms with Crippen molar-refractivity contribution in [2.24, 2.45) is 0 Å². The van der Waals surface area contributed by atoms with Crippen molar-refractivity contribution in [3.63, 3.8) is 0 Å². The summed E-state index contributed by atoms with van der Waals surface area (Å²) in [5.41, 5.74) is 20.6. The number of hydrogen-bond donors (Lipinski definition) is 0. The summed E-state index contributed by atoms with van der Waals surface area (Å²) in [6, 6.07) is 44.7. The summed E-state index contributed by atoms with van der Waals surface area (Å²) in [5, 5.41) is 1.09. The molecule has 1 aromatic heterocycles. The van der Waals surface area contributed by atoms with Gasteiger partial charge in [0, 0.05) is 21.9 Å². The number of hydrogen-bond acceptors (Lipinski definition) is 2. The van der Waals surface area contributed by atoms with Crippen LogP contribution in [0.5, 0.6) is 0 Å². The van der Waals surface area contributed by atoms with Crippen LogP contribution in [0.15, 0.2) is 121 Å². The van der Waals surface area contributed by atoms with Crippen LogP contribution in [-0.4, -0.2) is 9.97 Å². The third kappa shape index (κ3) is 3.79. The lowest BCUT2D eigenvalue weighted by molar-refractivity contribution is 0.662. The van der Waals surface area contributed by atoms with Crippen LogP contribution in [0.2, 0.25) is 0 Å². The molecule has 0 unspecified atom stereocenters. The molecule has 2 nitrogen and oxygen atoms in total. The number of aryl methyl sites for hydroxylation is 2. The Kier molecular flexibility index (Phi) is 5.61. The van der Waals surface area contributed by atoms with Gasteiger partial charge in [-0.3, -0.25) is 0 Å². The van der Waals surface area contributed by atoms with Gasteiger partial charge in [0.1, 0.15) is 0 Å². The highest BCUT2D eigenvalue weighted by atomic mass is 14.9. The van der Waals surface area contributed by atoms with E-state index in [1.165, 1.54) is 72.3 Å². The lowest BCUT2D eigenvalue weighted by Crippen LogP contribution is -2.16. The number of fused-ring (bicyclic) bond motifs is 11. The van der Waals surface area contributed by atoms with Crippen molar-refractivity contribution in [2.75, 3.05) is 0 Å². The molecule has 10 rings (SSSR count). The van der Waals surface area contributed by atoms with Gasteiger partial charge in [0.2, 0.25) is 0 Å². The summed E-state index contributed by atoms with van der Waals surface area (Å²) in [7, 11) is 0. The Morgan fingerprint density at radius 3 is 2.04 bits per heavy atom. The highest BCUT2D eigenvalue weighted by molar-refractivity contribution is 6.02. The fourth-order valence-corrected chi connectivity index (χ4v) is 8.95. The maximum absolute atomic E-state index is 5.61. The molecule has 1 heterocycles. The van der Waals surface area contributed by atoms with Gasteiger partial charge >= 0.3 is 0 Å². The number of nitrogens with zero attached hydrogens (tertiary/aromatic N) is 2. The molecule has 47 heavy (non-hydrogen) atoms.